The van der Waals surface area contributed by atoms with Crippen LogP contribution in [-0.2, 0) is 4.74 Å². The number of piperidine rings is 1. The van der Waals surface area contributed by atoms with E-state index in [1.807, 2.05) is 0 Å². The molecule has 1 aliphatic heterocycles. The van der Waals surface area contributed by atoms with Crippen molar-refractivity contribution in [2.45, 2.75) is 19.3 Å². The smallest absolute Gasteiger partial charge is 0.0589 e. The summed E-state index contributed by atoms with van der Waals surface area (Å²) in [6.45, 7) is 4.71. The Morgan fingerprint density at radius 2 is 1.92 bits per heavy atom. The largest absolute Gasteiger partial charge is 0.383 e. The van der Waals surface area contributed by atoms with Crippen molar-refractivity contribution in [3.63, 3.8) is 0 Å². The van der Waals surface area contributed by atoms with Gasteiger partial charge in [0.15, 0.2) is 0 Å². The highest BCUT2D eigenvalue weighted by atomic mass is 16.5. The molecule has 2 nitrogen and oxygen atoms in total. The third-order valence-corrected chi connectivity index (χ3v) is 3.29. The lowest BCUT2D eigenvalue weighted by Gasteiger charge is -2.31. The van der Waals surface area contributed by atoms with Crippen molar-refractivity contribution in [2.24, 2.45) is 11.8 Å². The van der Waals surface area contributed by atoms with Gasteiger partial charge in [-0.2, -0.15) is 0 Å². The summed E-state index contributed by atoms with van der Waals surface area (Å²) < 4.78 is 5.09. The van der Waals surface area contributed by atoms with Crippen molar-refractivity contribution in [1.82, 2.24) is 4.90 Å². The van der Waals surface area contributed by atoms with E-state index >= 15 is 0 Å². The molecule has 2 unspecified atom stereocenters. The first-order valence-corrected chi connectivity index (χ1v) is 5.10. The Morgan fingerprint density at radius 1 is 1.25 bits per heavy atom. The van der Waals surface area contributed by atoms with Crippen LogP contribution in [0.15, 0.2) is 0 Å². The van der Waals surface area contributed by atoms with Gasteiger partial charge in [-0.05, 0) is 31.1 Å². The summed E-state index contributed by atoms with van der Waals surface area (Å²) >= 11 is 0. The first-order valence-electron chi connectivity index (χ1n) is 5.10. The molecule has 0 aromatic carbocycles. The number of methoxy groups -OCH3 is 1. The SMILES string of the molecule is COCCN1CC2CCC(C2)C1. The fourth-order valence-electron chi connectivity index (χ4n) is 2.72. The lowest BCUT2D eigenvalue weighted by atomic mass is 9.99. The molecule has 0 amide bonds. The van der Waals surface area contributed by atoms with Crippen LogP contribution in [0.2, 0.25) is 0 Å². The van der Waals surface area contributed by atoms with E-state index in [0.717, 1.165) is 25.0 Å². The Balaban J connectivity index is 1.78. The second kappa shape index (κ2) is 3.75. The molecule has 1 aliphatic carbocycles. The number of fused-ring (bicyclic) bond motifs is 2. The Bertz CT molecular complexity index is 137. The Hall–Kier alpha value is -0.0800. The maximum absolute atomic E-state index is 5.09. The minimum atomic E-state index is 0.902. The third kappa shape index (κ3) is 1.80. The summed E-state index contributed by atoms with van der Waals surface area (Å²) in [5, 5.41) is 0. The zero-order chi connectivity index (χ0) is 8.39. The minimum absolute atomic E-state index is 0.902. The van der Waals surface area contributed by atoms with Gasteiger partial charge < -0.3 is 9.64 Å². The number of likely N-dealkylation sites (tertiary alicyclic amines) is 1. The zero-order valence-corrected chi connectivity index (χ0v) is 7.96. The van der Waals surface area contributed by atoms with Gasteiger partial charge in [-0.3, -0.25) is 0 Å². The molecule has 0 radical (unpaired) electrons. The van der Waals surface area contributed by atoms with Crippen LogP contribution >= 0.6 is 0 Å². The fourth-order valence-corrected chi connectivity index (χ4v) is 2.72. The van der Waals surface area contributed by atoms with Crippen molar-refractivity contribution in [2.75, 3.05) is 33.4 Å². The van der Waals surface area contributed by atoms with Gasteiger partial charge >= 0.3 is 0 Å². The van der Waals surface area contributed by atoms with Crippen LogP contribution in [0.1, 0.15) is 19.3 Å². The minimum Gasteiger partial charge on any atom is -0.383 e. The molecule has 2 atom stereocenters. The summed E-state index contributed by atoms with van der Waals surface area (Å²) in [5.74, 6) is 2.03. The highest BCUT2D eigenvalue weighted by molar-refractivity contribution is 4.85. The number of ether oxygens (including phenoxy) is 1. The van der Waals surface area contributed by atoms with E-state index in [2.05, 4.69) is 4.90 Å². The lowest BCUT2D eigenvalue weighted by molar-refractivity contribution is 0.111. The topological polar surface area (TPSA) is 12.5 Å². The van der Waals surface area contributed by atoms with Crippen LogP contribution in [0.4, 0.5) is 0 Å². The van der Waals surface area contributed by atoms with Gasteiger partial charge in [0.1, 0.15) is 0 Å². The zero-order valence-electron chi connectivity index (χ0n) is 7.96. The first-order chi connectivity index (χ1) is 5.88. The molecular weight excluding hydrogens is 150 g/mol. The van der Waals surface area contributed by atoms with Gasteiger partial charge in [-0.1, -0.05) is 0 Å². The molecule has 0 spiro atoms. The standard InChI is InChI=1S/C10H19NO/c1-12-5-4-11-7-9-2-3-10(6-9)8-11/h9-10H,2-8H2,1H3. The highest BCUT2D eigenvalue weighted by Crippen LogP contribution is 2.35. The Labute approximate surface area is 74.9 Å². The van der Waals surface area contributed by atoms with E-state index in [4.69, 9.17) is 4.74 Å². The van der Waals surface area contributed by atoms with Crippen LogP contribution in [0.25, 0.3) is 0 Å². The summed E-state index contributed by atoms with van der Waals surface area (Å²) in [6.07, 6.45) is 4.46. The fraction of sp³-hybridized carbons (Fsp3) is 1.00. The molecule has 2 aliphatic rings. The molecule has 70 valence electrons. The molecule has 2 fully saturated rings. The summed E-state index contributed by atoms with van der Waals surface area (Å²) in [7, 11) is 1.79. The van der Waals surface area contributed by atoms with Gasteiger partial charge in [-0.25, -0.2) is 0 Å². The maximum Gasteiger partial charge on any atom is 0.0589 e. The molecule has 0 aromatic heterocycles. The van der Waals surface area contributed by atoms with Crippen LogP contribution in [0.3, 0.4) is 0 Å². The molecular formula is C10H19NO. The number of rotatable bonds is 3. The van der Waals surface area contributed by atoms with Crippen LogP contribution in [-0.4, -0.2) is 38.3 Å². The molecule has 2 bridgehead atoms. The summed E-state index contributed by atoms with van der Waals surface area (Å²) in [5.41, 5.74) is 0. The monoisotopic (exact) mass is 169 g/mol. The van der Waals surface area contributed by atoms with Gasteiger partial charge in [0.2, 0.25) is 0 Å². The Morgan fingerprint density at radius 3 is 2.50 bits per heavy atom. The summed E-state index contributed by atoms with van der Waals surface area (Å²) in [6, 6.07) is 0. The lowest BCUT2D eigenvalue weighted by Crippen LogP contribution is -2.38. The van der Waals surface area contributed by atoms with Crippen LogP contribution in [0.5, 0.6) is 0 Å². The third-order valence-electron chi connectivity index (χ3n) is 3.29. The molecule has 0 N–H and O–H groups in total. The molecule has 0 aromatic rings. The molecule has 12 heavy (non-hydrogen) atoms. The molecule has 1 heterocycles. The predicted octanol–water partition coefficient (Wildman–Crippen LogP) is 1.36. The van der Waals surface area contributed by atoms with Crippen LogP contribution in [0, 0.1) is 11.8 Å². The van der Waals surface area contributed by atoms with E-state index in [0.29, 0.717) is 0 Å². The van der Waals surface area contributed by atoms with Gasteiger partial charge in [0.25, 0.3) is 0 Å². The number of hydrogen-bond acceptors (Lipinski definition) is 2. The summed E-state index contributed by atoms with van der Waals surface area (Å²) in [4.78, 5) is 2.58. The van der Waals surface area contributed by atoms with Crippen molar-refractivity contribution in [1.29, 1.82) is 0 Å². The quantitative estimate of drug-likeness (QED) is 0.632. The van der Waals surface area contributed by atoms with Crippen LogP contribution < -0.4 is 0 Å². The number of nitrogens with zero attached hydrogens (tertiary/aromatic N) is 1. The van der Waals surface area contributed by atoms with E-state index in [9.17, 15) is 0 Å². The average molecular weight is 169 g/mol. The number of hydrogen-bond donors (Lipinski definition) is 0. The van der Waals surface area contributed by atoms with E-state index in [1.165, 1.54) is 32.4 Å². The van der Waals surface area contributed by atoms with Crippen molar-refractivity contribution < 1.29 is 4.74 Å². The van der Waals surface area contributed by atoms with Gasteiger partial charge in [0, 0.05) is 26.7 Å². The van der Waals surface area contributed by atoms with Crippen molar-refractivity contribution in [3.05, 3.63) is 0 Å². The van der Waals surface area contributed by atoms with E-state index in [1.54, 1.807) is 7.11 Å². The predicted molar refractivity (Wildman–Crippen MR) is 49.1 cm³/mol. The average Bonchev–Trinajstić information content (AvgIpc) is 2.42. The molecule has 1 saturated carbocycles. The van der Waals surface area contributed by atoms with Gasteiger partial charge in [-0.15, -0.1) is 0 Å². The normalized spacial score (nSPS) is 35.8. The second-order valence-corrected chi connectivity index (χ2v) is 4.30. The molecule has 2 rings (SSSR count). The van der Waals surface area contributed by atoms with Crippen molar-refractivity contribution in [3.8, 4) is 0 Å². The first kappa shape index (κ1) is 8.52. The highest BCUT2D eigenvalue weighted by Gasteiger charge is 2.32. The van der Waals surface area contributed by atoms with E-state index in [-0.39, 0.29) is 0 Å². The van der Waals surface area contributed by atoms with Gasteiger partial charge in [0.05, 0.1) is 6.61 Å². The Kier molecular flexibility index (Phi) is 2.66. The van der Waals surface area contributed by atoms with E-state index < -0.39 is 0 Å². The second-order valence-electron chi connectivity index (χ2n) is 4.30. The molecule has 2 heteroatoms. The molecule has 1 saturated heterocycles. The van der Waals surface area contributed by atoms with Crippen molar-refractivity contribution >= 4 is 0 Å². The maximum atomic E-state index is 5.09.